The summed E-state index contributed by atoms with van der Waals surface area (Å²) in [4.78, 5) is 12.6. The van der Waals surface area contributed by atoms with Crippen LogP contribution in [-0.4, -0.2) is 11.2 Å². The Bertz CT molecular complexity index is 853. The van der Waals surface area contributed by atoms with Gasteiger partial charge in [-0.25, -0.2) is 9.10 Å². The number of amides is 2. The van der Waals surface area contributed by atoms with Crippen LogP contribution in [0.3, 0.4) is 0 Å². The molecule has 0 atom stereocenters. The number of rotatable bonds is 4. The van der Waals surface area contributed by atoms with Crippen LogP contribution in [0.15, 0.2) is 47.0 Å². The molecule has 1 heterocycles. The van der Waals surface area contributed by atoms with Crippen LogP contribution in [0.25, 0.3) is 11.0 Å². The van der Waals surface area contributed by atoms with Gasteiger partial charge in [0, 0.05) is 5.69 Å². The molecule has 5 nitrogen and oxygen atoms in total. The lowest BCUT2D eigenvalue weighted by molar-refractivity contribution is 0.260. The first kappa shape index (κ1) is 16.4. The van der Waals surface area contributed by atoms with Crippen molar-refractivity contribution in [3.05, 3.63) is 53.6 Å². The van der Waals surface area contributed by atoms with E-state index in [0.717, 1.165) is 35.0 Å². The summed E-state index contributed by atoms with van der Waals surface area (Å²) in [6, 6.07) is 13.0. The van der Waals surface area contributed by atoms with Gasteiger partial charge in [0.1, 0.15) is 0 Å². The number of hydrogen-bond donors (Lipinski definition) is 2. The molecule has 0 saturated heterocycles. The Hall–Kier alpha value is -2.47. The van der Waals surface area contributed by atoms with E-state index >= 15 is 0 Å². The minimum atomic E-state index is -0.368. The fraction of sp³-hybridized carbons (Fsp3) is 0.222. The molecule has 0 unspecified atom stereocenters. The first-order valence-corrected chi connectivity index (χ1v) is 8.30. The number of hydrogen-bond acceptors (Lipinski definition) is 4. The second kappa shape index (κ2) is 6.97. The van der Waals surface area contributed by atoms with E-state index in [1.54, 1.807) is 6.07 Å². The molecule has 0 radical (unpaired) electrons. The minimum absolute atomic E-state index is 0.368. The van der Waals surface area contributed by atoms with Crippen molar-refractivity contribution in [3.8, 4) is 0 Å². The molecule has 124 valence electrons. The number of benzene rings is 2. The van der Waals surface area contributed by atoms with Crippen LogP contribution in [-0.2, 0) is 12.8 Å². The molecule has 0 aliphatic carbocycles. The number of para-hydroxylation sites is 2. The van der Waals surface area contributed by atoms with Crippen molar-refractivity contribution in [2.75, 3.05) is 9.62 Å². The van der Waals surface area contributed by atoms with Crippen LogP contribution in [0.1, 0.15) is 25.0 Å². The lowest BCUT2D eigenvalue weighted by Gasteiger charge is -2.18. The second-order valence-electron chi connectivity index (χ2n) is 5.40. The number of anilines is 2. The maximum Gasteiger partial charge on any atom is 0.337 e. The molecular weight excluding hydrogens is 322 g/mol. The first-order chi connectivity index (χ1) is 11.7. The number of nitrogens with one attached hydrogen (secondary N) is 1. The standard InChI is InChI=1S/C18H19N3O2S/c1-3-12-8-7-9-13(4-2)16(12)19-18(22)21(24)17-14-10-5-6-11-15(14)23-20-17/h5-11,24H,3-4H2,1-2H3,(H,19,22). The predicted octanol–water partition coefficient (Wildman–Crippen LogP) is 4.84. The van der Waals surface area contributed by atoms with Crippen molar-refractivity contribution in [2.24, 2.45) is 0 Å². The number of nitrogens with zero attached hydrogens (tertiary/aromatic N) is 2. The highest BCUT2D eigenvalue weighted by atomic mass is 32.1. The molecule has 6 heteroatoms. The molecule has 24 heavy (non-hydrogen) atoms. The van der Waals surface area contributed by atoms with Gasteiger partial charge in [-0.2, -0.15) is 0 Å². The van der Waals surface area contributed by atoms with Gasteiger partial charge >= 0.3 is 6.03 Å². The molecule has 1 aromatic heterocycles. The van der Waals surface area contributed by atoms with E-state index in [0.29, 0.717) is 11.4 Å². The first-order valence-electron chi connectivity index (χ1n) is 7.90. The monoisotopic (exact) mass is 341 g/mol. The Morgan fingerprint density at radius 3 is 2.46 bits per heavy atom. The Morgan fingerprint density at radius 1 is 1.12 bits per heavy atom. The number of fused-ring (bicyclic) bond motifs is 1. The summed E-state index contributed by atoms with van der Waals surface area (Å²) in [6.45, 7) is 4.13. The maximum atomic E-state index is 12.6. The molecule has 3 aromatic rings. The Labute approximate surface area is 146 Å². The van der Waals surface area contributed by atoms with Crippen molar-refractivity contribution < 1.29 is 9.32 Å². The number of aryl methyl sites for hydroxylation is 2. The topological polar surface area (TPSA) is 58.4 Å². The summed E-state index contributed by atoms with van der Waals surface area (Å²) < 4.78 is 6.42. The van der Waals surface area contributed by atoms with Gasteiger partial charge in [-0.05, 0) is 36.1 Å². The molecule has 2 aromatic carbocycles. The van der Waals surface area contributed by atoms with E-state index in [9.17, 15) is 4.79 Å². The van der Waals surface area contributed by atoms with Gasteiger partial charge < -0.3 is 9.84 Å². The van der Waals surface area contributed by atoms with Crippen LogP contribution in [0, 0.1) is 0 Å². The molecule has 0 saturated carbocycles. The van der Waals surface area contributed by atoms with Gasteiger partial charge in [-0.15, -0.1) is 0 Å². The van der Waals surface area contributed by atoms with E-state index in [1.165, 1.54) is 4.31 Å². The van der Waals surface area contributed by atoms with E-state index in [2.05, 4.69) is 37.1 Å². The van der Waals surface area contributed by atoms with Crippen molar-refractivity contribution in [1.29, 1.82) is 0 Å². The average Bonchev–Trinajstić information content (AvgIpc) is 3.05. The van der Waals surface area contributed by atoms with Gasteiger partial charge in [0.25, 0.3) is 0 Å². The summed E-state index contributed by atoms with van der Waals surface area (Å²) >= 11 is 4.31. The third kappa shape index (κ3) is 2.97. The molecule has 1 N–H and O–H groups in total. The Kier molecular flexibility index (Phi) is 4.76. The van der Waals surface area contributed by atoms with Crippen molar-refractivity contribution in [1.82, 2.24) is 5.16 Å². The number of urea groups is 1. The zero-order valence-electron chi connectivity index (χ0n) is 13.6. The third-order valence-corrected chi connectivity index (χ3v) is 4.35. The summed E-state index contributed by atoms with van der Waals surface area (Å²) in [5.74, 6) is 0.374. The summed E-state index contributed by atoms with van der Waals surface area (Å²) in [7, 11) is 0. The van der Waals surface area contributed by atoms with Gasteiger partial charge in [-0.3, -0.25) is 0 Å². The van der Waals surface area contributed by atoms with Crippen molar-refractivity contribution in [3.63, 3.8) is 0 Å². The molecule has 0 spiro atoms. The highest BCUT2D eigenvalue weighted by Crippen LogP contribution is 2.29. The maximum absolute atomic E-state index is 12.6. The second-order valence-corrected chi connectivity index (χ2v) is 5.80. The molecule has 0 aliphatic heterocycles. The number of aromatic nitrogens is 1. The SMILES string of the molecule is CCc1cccc(CC)c1NC(=O)N(S)c1noc2ccccc12. The van der Waals surface area contributed by atoms with Crippen molar-refractivity contribution >= 4 is 41.3 Å². The number of carbonyl (C=O) groups is 1. The van der Waals surface area contributed by atoms with E-state index < -0.39 is 0 Å². The highest BCUT2D eigenvalue weighted by Gasteiger charge is 2.20. The quantitative estimate of drug-likeness (QED) is 0.668. The van der Waals surface area contributed by atoms with Crippen LogP contribution in [0.5, 0.6) is 0 Å². The molecule has 0 fully saturated rings. The Morgan fingerprint density at radius 2 is 1.79 bits per heavy atom. The van der Waals surface area contributed by atoms with Crippen molar-refractivity contribution in [2.45, 2.75) is 26.7 Å². The van der Waals surface area contributed by atoms with Gasteiger partial charge in [0.15, 0.2) is 11.4 Å². The van der Waals surface area contributed by atoms with E-state index in [4.69, 9.17) is 4.52 Å². The fourth-order valence-electron chi connectivity index (χ4n) is 2.68. The van der Waals surface area contributed by atoms with Gasteiger partial charge in [-0.1, -0.05) is 62.2 Å². The number of thiol groups is 1. The lowest BCUT2D eigenvalue weighted by atomic mass is 10.0. The largest absolute Gasteiger partial charge is 0.354 e. The Balaban J connectivity index is 1.90. The molecule has 0 aliphatic rings. The summed E-state index contributed by atoms with van der Waals surface area (Å²) in [5.41, 5.74) is 3.64. The third-order valence-electron chi connectivity index (χ3n) is 3.98. The number of carbonyl (C=O) groups excluding carboxylic acids is 1. The van der Waals surface area contributed by atoms with Crippen LogP contribution >= 0.6 is 12.8 Å². The predicted molar refractivity (Wildman–Crippen MR) is 99.7 cm³/mol. The van der Waals surface area contributed by atoms with E-state index in [-0.39, 0.29) is 6.03 Å². The zero-order valence-corrected chi connectivity index (χ0v) is 14.5. The van der Waals surface area contributed by atoms with Gasteiger partial charge in [0.05, 0.1) is 5.39 Å². The molecule has 0 bridgehead atoms. The normalized spacial score (nSPS) is 10.8. The lowest BCUT2D eigenvalue weighted by Crippen LogP contribution is -2.28. The molecular formula is C18H19N3O2S. The zero-order chi connectivity index (χ0) is 17.1. The van der Waals surface area contributed by atoms with Crippen LogP contribution in [0.2, 0.25) is 0 Å². The fourth-order valence-corrected chi connectivity index (χ4v) is 2.88. The van der Waals surface area contributed by atoms with Crippen LogP contribution in [0.4, 0.5) is 16.3 Å². The van der Waals surface area contributed by atoms with Gasteiger partial charge in [0.2, 0.25) is 0 Å². The van der Waals surface area contributed by atoms with E-state index in [1.807, 2.05) is 36.4 Å². The smallest absolute Gasteiger partial charge is 0.337 e. The van der Waals surface area contributed by atoms with Crippen LogP contribution < -0.4 is 9.62 Å². The summed E-state index contributed by atoms with van der Waals surface area (Å²) in [5, 5.41) is 7.66. The summed E-state index contributed by atoms with van der Waals surface area (Å²) in [6.07, 6.45) is 1.67. The molecule has 2 amide bonds. The molecule has 3 rings (SSSR count). The minimum Gasteiger partial charge on any atom is -0.354 e. The average molecular weight is 341 g/mol. The highest BCUT2D eigenvalue weighted by molar-refractivity contribution is 7.82.